The molecular weight excluding hydrogens is 314 g/mol. The molecule has 2 N–H and O–H groups in total. The van der Waals surface area contributed by atoms with Gasteiger partial charge in [0.15, 0.2) is 0 Å². The van der Waals surface area contributed by atoms with Gasteiger partial charge in [-0.15, -0.1) is 0 Å². The first-order valence-corrected chi connectivity index (χ1v) is 8.68. The quantitative estimate of drug-likeness (QED) is 0.875. The summed E-state index contributed by atoms with van der Waals surface area (Å²) >= 11 is 0. The van der Waals surface area contributed by atoms with Crippen LogP contribution >= 0.6 is 0 Å². The highest BCUT2D eigenvalue weighted by atomic mass is 16.2. The van der Waals surface area contributed by atoms with Gasteiger partial charge in [-0.25, -0.2) is 0 Å². The summed E-state index contributed by atoms with van der Waals surface area (Å²) in [6.07, 6.45) is 0.511. The fourth-order valence-electron chi connectivity index (χ4n) is 3.82. The minimum absolute atomic E-state index is 0.0166. The van der Waals surface area contributed by atoms with E-state index in [2.05, 4.69) is 34.8 Å². The van der Waals surface area contributed by atoms with Crippen LogP contribution in [0.1, 0.15) is 35.0 Å². The molecule has 0 bridgehead atoms. The minimum atomic E-state index is 0.0166. The molecule has 1 fully saturated rings. The number of carbonyl (C=O) groups excluding carboxylic acids is 1. The number of rotatable bonds is 5. The lowest BCUT2D eigenvalue weighted by Gasteiger charge is -2.26. The molecule has 0 saturated carbocycles. The maximum absolute atomic E-state index is 12.4. The van der Waals surface area contributed by atoms with Crippen molar-refractivity contribution < 1.29 is 4.79 Å². The number of benzene rings is 1. The van der Waals surface area contributed by atoms with E-state index >= 15 is 0 Å². The number of nitrogens with zero attached hydrogens (tertiary/aromatic N) is 3. The number of hydrogen-bond acceptors (Lipinski definition) is 4. The van der Waals surface area contributed by atoms with E-state index < -0.39 is 0 Å². The first kappa shape index (κ1) is 17.5. The summed E-state index contributed by atoms with van der Waals surface area (Å²) in [7, 11) is 5.77. The van der Waals surface area contributed by atoms with Crippen LogP contribution < -0.4 is 10.6 Å². The molecule has 1 aliphatic rings. The predicted octanol–water partition coefficient (Wildman–Crippen LogP) is 2.14. The number of nitrogens with one attached hydrogen (secondary N) is 2. The van der Waals surface area contributed by atoms with Crippen LogP contribution in [-0.2, 0) is 18.4 Å². The van der Waals surface area contributed by atoms with E-state index in [1.165, 1.54) is 5.56 Å². The van der Waals surface area contributed by atoms with Crippen LogP contribution in [0.15, 0.2) is 24.3 Å². The summed E-state index contributed by atoms with van der Waals surface area (Å²) in [4.78, 5) is 14.2. The number of hydrogen-bond donors (Lipinski definition) is 2. The molecule has 25 heavy (non-hydrogen) atoms. The Kier molecular flexibility index (Phi) is 4.81. The van der Waals surface area contributed by atoms with Crippen LogP contribution in [0.2, 0.25) is 0 Å². The number of likely N-dealkylation sites (tertiary alicyclic amines) is 1. The largest absolute Gasteiger partial charge is 0.388 e. The van der Waals surface area contributed by atoms with E-state index in [9.17, 15) is 4.79 Å². The molecule has 3 rings (SSSR count). The Labute approximate surface area is 149 Å². The van der Waals surface area contributed by atoms with Crippen molar-refractivity contribution in [2.24, 2.45) is 7.05 Å². The number of carbonyl (C=O) groups is 1. The van der Waals surface area contributed by atoms with E-state index in [0.717, 1.165) is 29.2 Å². The third-order valence-corrected chi connectivity index (χ3v) is 5.29. The molecular formula is C19H27N5O. The topological polar surface area (TPSA) is 62.2 Å². The van der Waals surface area contributed by atoms with Gasteiger partial charge in [0.25, 0.3) is 0 Å². The lowest BCUT2D eigenvalue weighted by Crippen LogP contribution is -2.35. The van der Waals surface area contributed by atoms with Crippen LogP contribution in [-0.4, -0.2) is 40.7 Å². The Morgan fingerprint density at radius 3 is 2.60 bits per heavy atom. The van der Waals surface area contributed by atoms with Gasteiger partial charge in [-0.2, -0.15) is 5.10 Å². The maximum Gasteiger partial charge on any atom is 0.224 e. The normalized spacial score (nSPS) is 20.4. The Morgan fingerprint density at radius 2 is 1.96 bits per heavy atom. The summed E-state index contributed by atoms with van der Waals surface area (Å²) in [5.41, 5.74) is 5.58. The van der Waals surface area contributed by atoms with Gasteiger partial charge < -0.3 is 15.5 Å². The van der Waals surface area contributed by atoms with Gasteiger partial charge in [-0.05, 0) is 25.5 Å². The zero-order valence-electron chi connectivity index (χ0n) is 15.6. The highest BCUT2D eigenvalue weighted by Crippen LogP contribution is 2.35. The van der Waals surface area contributed by atoms with Crippen molar-refractivity contribution in [1.29, 1.82) is 0 Å². The zero-order valence-corrected chi connectivity index (χ0v) is 15.6. The van der Waals surface area contributed by atoms with Crippen molar-refractivity contribution >= 4 is 11.6 Å². The van der Waals surface area contributed by atoms with Gasteiger partial charge in [0.05, 0.1) is 11.7 Å². The van der Waals surface area contributed by atoms with Gasteiger partial charge in [-0.1, -0.05) is 18.2 Å². The van der Waals surface area contributed by atoms with E-state index in [0.29, 0.717) is 6.42 Å². The summed E-state index contributed by atoms with van der Waals surface area (Å²) in [5, 5.41) is 11.4. The average Bonchev–Trinajstić information content (AvgIpc) is 3.01. The van der Waals surface area contributed by atoms with E-state index in [-0.39, 0.29) is 18.0 Å². The molecule has 1 aromatic carbocycles. The Bertz CT molecular complexity index is 782. The summed E-state index contributed by atoms with van der Waals surface area (Å²) in [6, 6.07) is 8.32. The first-order valence-electron chi connectivity index (χ1n) is 8.68. The van der Waals surface area contributed by atoms with Crippen molar-refractivity contribution in [3.8, 4) is 0 Å². The second kappa shape index (κ2) is 6.88. The molecule has 6 heteroatoms. The third-order valence-electron chi connectivity index (χ3n) is 5.29. The van der Waals surface area contributed by atoms with Gasteiger partial charge in [-0.3, -0.25) is 9.48 Å². The fraction of sp³-hybridized carbons (Fsp3) is 0.474. The van der Waals surface area contributed by atoms with Crippen molar-refractivity contribution in [3.05, 3.63) is 46.8 Å². The van der Waals surface area contributed by atoms with Crippen LogP contribution in [0.4, 0.5) is 5.69 Å². The Hall–Kier alpha value is -2.34. The van der Waals surface area contributed by atoms with Gasteiger partial charge >= 0.3 is 0 Å². The third kappa shape index (κ3) is 3.14. The number of amides is 1. The molecule has 134 valence electrons. The number of aromatic nitrogens is 2. The minimum Gasteiger partial charge on any atom is -0.388 e. The SMILES string of the molecule is CNc1ccccc1CN[C@@H]1CC(=O)N(C)[C@H]1c1c(C)nn(C)c1C. The number of para-hydroxylation sites is 1. The monoisotopic (exact) mass is 341 g/mol. The molecule has 0 unspecified atom stereocenters. The molecule has 0 spiro atoms. The predicted molar refractivity (Wildman–Crippen MR) is 99.4 cm³/mol. The molecule has 1 amide bonds. The van der Waals surface area contributed by atoms with Crippen molar-refractivity contribution in [2.45, 2.75) is 38.9 Å². The van der Waals surface area contributed by atoms with Crippen molar-refractivity contribution in [3.63, 3.8) is 0 Å². The lowest BCUT2D eigenvalue weighted by molar-refractivity contribution is -0.127. The molecule has 1 aromatic heterocycles. The molecule has 2 aromatic rings. The summed E-state index contributed by atoms with van der Waals surface area (Å²) < 4.78 is 1.90. The molecule has 2 atom stereocenters. The summed E-state index contributed by atoms with van der Waals surface area (Å²) in [5.74, 6) is 0.173. The number of aryl methyl sites for hydroxylation is 2. The fourth-order valence-corrected chi connectivity index (χ4v) is 3.82. The second-order valence-electron chi connectivity index (χ2n) is 6.76. The van der Waals surface area contributed by atoms with Gasteiger partial charge in [0.2, 0.25) is 5.91 Å². The molecule has 0 radical (unpaired) electrons. The summed E-state index contributed by atoms with van der Waals surface area (Å²) in [6.45, 7) is 4.81. The molecule has 6 nitrogen and oxygen atoms in total. The van der Waals surface area contributed by atoms with Crippen LogP contribution in [0, 0.1) is 13.8 Å². The van der Waals surface area contributed by atoms with Gasteiger partial charge in [0, 0.05) is 57.1 Å². The highest BCUT2D eigenvalue weighted by Gasteiger charge is 2.40. The molecule has 1 saturated heterocycles. The Morgan fingerprint density at radius 1 is 1.24 bits per heavy atom. The van der Waals surface area contributed by atoms with Crippen LogP contribution in [0.3, 0.4) is 0 Å². The van der Waals surface area contributed by atoms with E-state index in [4.69, 9.17) is 0 Å². The zero-order chi connectivity index (χ0) is 18.1. The lowest BCUT2D eigenvalue weighted by atomic mass is 9.98. The molecule has 1 aliphatic heterocycles. The van der Waals surface area contributed by atoms with Crippen LogP contribution in [0.25, 0.3) is 0 Å². The van der Waals surface area contributed by atoms with Gasteiger partial charge in [0.1, 0.15) is 0 Å². The molecule has 2 heterocycles. The number of likely N-dealkylation sites (N-methyl/N-ethyl adjacent to an activating group) is 1. The molecule has 0 aliphatic carbocycles. The number of anilines is 1. The van der Waals surface area contributed by atoms with E-state index in [1.54, 1.807) is 0 Å². The maximum atomic E-state index is 12.4. The first-order chi connectivity index (χ1) is 11.9. The Balaban J connectivity index is 1.85. The average molecular weight is 341 g/mol. The smallest absolute Gasteiger partial charge is 0.224 e. The van der Waals surface area contributed by atoms with Crippen molar-refractivity contribution in [2.75, 3.05) is 19.4 Å². The second-order valence-corrected chi connectivity index (χ2v) is 6.76. The van der Waals surface area contributed by atoms with Crippen LogP contribution in [0.5, 0.6) is 0 Å². The van der Waals surface area contributed by atoms with Crippen molar-refractivity contribution in [1.82, 2.24) is 20.0 Å². The standard InChI is InChI=1S/C19H27N5O/c1-12-18(13(2)24(5)22-12)19-16(10-17(25)23(19)4)21-11-14-8-6-7-9-15(14)20-3/h6-9,16,19-21H,10-11H2,1-5H3/t16-,19-/m1/s1. The van der Waals surface area contributed by atoms with E-state index in [1.807, 2.05) is 49.8 Å². The highest BCUT2D eigenvalue weighted by molar-refractivity contribution is 5.80.